The Kier molecular flexibility index (Phi) is 4.28. The van der Waals surface area contributed by atoms with Crippen LogP contribution in [0.5, 0.6) is 5.75 Å². The smallest absolute Gasteiger partial charge is 0.127 e. The van der Waals surface area contributed by atoms with Crippen LogP contribution in [-0.4, -0.2) is 47.7 Å². The molecule has 0 aliphatic carbocycles. The minimum atomic E-state index is 0.0119. The Morgan fingerprint density at radius 3 is 3.08 bits per heavy atom. The normalized spacial score (nSPS) is 20.9. The Morgan fingerprint density at radius 1 is 1.25 bits per heavy atom. The zero-order valence-corrected chi connectivity index (χ0v) is 13.8. The molecule has 1 saturated heterocycles. The molecule has 0 bridgehead atoms. The molecule has 2 aliphatic heterocycles. The first-order valence-electron chi connectivity index (χ1n) is 8.33. The number of rotatable bonds is 3. The second-order valence-electron chi connectivity index (χ2n) is 6.25. The Morgan fingerprint density at radius 2 is 2.17 bits per heavy atom. The first-order chi connectivity index (χ1) is 11.8. The lowest BCUT2D eigenvalue weighted by Gasteiger charge is -2.33. The largest absolute Gasteiger partial charge is 0.489 e. The van der Waals surface area contributed by atoms with E-state index < -0.39 is 0 Å². The number of ether oxygens (including phenoxy) is 2. The average molecular weight is 323 g/mol. The quantitative estimate of drug-likeness (QED) is 0.869. The van der Waals surface area contributed by atoms with Crippen LogP contribution in [0, 0.1) is 6.92 Å². The zero-order chi connectivity index (χ0) is 16.4. The average Bonchev–Trinajstić information content (AvgIpc) is 2.62. The lowest BCUT2D eigenvalue weighted by molar-refractivity contribution is -0.0295. The van der Waals surface area contributed by atoms with Crippen LogP contribution in [0.4, 0.5) is 0 Å². The van der Waals surface area contributed by atoms with E-state index in [-0.39, 0.29) is 6.10 Å². The van der Waals surface area contributed by atoms with E-state index in [0.29, 0.717) is 6.61 Å². The van der Waals surface area contributed by atoms with Crippen LogP contribution in [0.25, 0.3) is 6.08 Å². The van der Waals surface area contributed by atoms with Gasteiger partial charge in [-0.1, -0.05) is 18.2 Å². The van der Waals surface area contributed by atoms with E-state index in [1.807, 2.05) is 31.2 Å². The van der Waals surface area contributed by atoms with Gasteiger partial charge in [0.25, 0.3) is 0 Å². The highest BCUT2D eigenvalue weighted by molar-refractivity contribution is 5.62. The highest BCUT2D eigenvalue weighted by atomic mass is 16.5. The van der Waals surface area contributed by atoms with Crippen molar-refractivity contribution in [2.75, 3.05) is 32.8 Å². The summed E-state index contributed by atoms with van der Waals surface area (Å²) >= 11 is 0. The van der Waals surface area contributed by atoms with E-state index >= 15 is 0 Å². The van der Waals surface area contributed by atoms with Gasteiger partial charge in [-0.25, -0.2) is 9.97 Å². The number of hydrogen-bond donors (Lipinski definition) is 0. The molecule has 0 saturated carbocycles. The molecule has 1 aromatic carbocycles. The van der Waals surface area contributed by atoms with Gasteiger partial charge in [0.2, 0.25) is 0 Å². The third-order valence-electron chi connectivity index (χ3n) is 4.40. The number of morpholine rings is 1. The van der Waals surface area contributed by atoms with Crippen molar-refractivity contribution in [3.8, 4) is 5.75 Å². The van der Waals surface area contributed by atoms with E-state index in [1.54, 1.807) is 6.20 Å². The van der Waals surface area contributed by atoms with E-state index in [4.69, 9.17) is 9.47 Å². The minimum absolute atomic E-state index is 0.0119. The minimum Gasteiger partial charge on any atom is -0.489 e. The van der Waals surface area contributed by atoms with Gasteiger partial charge < -0.3 is 9.47 Å². The number of nitrogens with zero attached hydrogens (tertiary/aromatic N) is 3. The zero-order valence-electron chi connectivity index (χ0n) is 13.8. The summed E-state index contributed by atoms with van der Waals surface area (Å²) < 4.78 is 11.8. The monoisotopic (exact) mass is 323 g/mol. The first kappa shape index (κ1) is 15.3. The van der Waals surface area contributed by atoms with Crippen LogP contribution in [0.3, 0.4) is 0 Å². The molecule has 1 atom stereocenters. The fraction of sp³-hybridized carbons (Fsp3) is 0.368. The molecular weight excluding hydrogens is 302 g/mol. The summed E-state index contributed by atoms with van der Waals surface area (Å²) in [5.74, 6) is 1.76. The molecule has 0 spiro atoms. The lowest BCUT2D eigenvalue weighted by Crippen LogP contribution is -2.40. The van der Waals surface area contributed by atoms with Crippen molar-refractivity contribution >= 4 is 6.08 Å². The topological polar surface area (TPSA) is 47.5 Å². The third kappa shape index (κ3) is 3.32. The molecule has 0 N–H and O–H groups in total. The molecule has 0 amide bonds. The summed E-state index contributed by atoms with van der Waals surface area (Å²) in [5, 5.41) is 0. The van der Waals surface area contributed by atoms with Crippen LogP contribution in [0.1, 0.15) is 23.2 Å². The molecule has 1 aromatic heterocycles. The predicted molar refractivity (Wildman–Crippen MR) is 91.8 cm³/mol. The second kappa shape index (κ2) is 6.71. The van der Waals surface area contributed by atoms with Crippen LogP contribution in [-0.2, 0) is 4.74 Å². The summed E-state index contributed by atoms with van der Waals surface area (Å²) in [6.07, 6.45) is 4.06. The molecule has 24 heavy (non-hydrogen) atoms. The maximum atomic E-state index is 5.91. The molecular formula is C19H21N3O2. The highest BCUT2D eigenvalue weighted by Crippen LogP contribution is 2.27. The SMILES string of the molecule is Cc1nccc(C2CN(CC3=Cc4ccccc4OC3)CCO2)n1. The van der Waals surface area contributed by atoms with Crippen molar-refractivity contribution < 1.29 is 9.47 Å². The fourth-order valence-electron chi connectivity index (χ4n) is 3.22. The molecule has 5 nitrogen and oxygen atoms in total. The van der Waals surface area contributed by atoms with Crippen molar-refractivity contribution in [3.63, 3.8) is 0 Å². The summed E-state index contributed by atoms with van der Waals surface area (Å²) in [4.78, 5) is 11.1. The first-order valence-corrected chi connectivity index (χ1v) is 8.33. The molecule has 1 unspecified atom stereocenters. The van der Waals surface area contributed by atoms with Crippen LogP contribution < -0.4 is 4.74 Å². The fourth-order valence-corrected chi connectivity index (χ4v) is 3.22. The maximum Gasteiger partial charge on any atom is 0.127 e. The number of hydrogen-bond acceptors (Lipinski definition) is 5. The molecule has 0 radical (unpaired) electrons. The molecule has 4 rings (SSSR count). The van der Waals surface area contributed by atoms with E-state index in [2.05, 4.69) is 27.0 Å². The summed E-state index contributed by atoms with van der Waals surface area (Å²) in [6.45, 7) is 5.96. The molecule has 124 valence electrons. The van der Waals surface area contributed by atoms with Gasteiger partial charge in [0.15, 0.2) is 0 Å². The predicted octanol–water partition coefficient (Wildman–Crippen LogP) is 2.63. The van der Waals surface area contributed by atoms with Crippen LogP contribution >= 0.6 is 0 Å². The number of benzene rings is 1. The van der Waals surface area contributed by atoms with Crippen molar-refractivity contribution in [1.82, 2.24) is 14.9 Å². The number of aromatic nitrogens is 2. The standard InChI is InChI=1S/C19H21N3O2/c1-14-20-7-6-17(21-14)19-12-22(8-9-23-19)11-15-10-16-4-2-3-5-18(16)24-13-15/h2-7,10,19H,8-9,11-13H2,1H3. The lowest BCUT2D eigenvalue weighted by atomic mass is 10.1. The number of aryl methyl sites for hydroxylation is 1. The van der Waals surface area contributed by atoms with Crippen molar-refractivity contribution in [2.24, 2.45) is 0 Å². The van der Waals surface area contributed by atoms with E-state index in [0.717, 1.165) is 49.1 Å². The van der Waals surface area contributed by atoms with Gasteiger partial charge in [0, 0.05) is 31.4 Å². The highest BCUT2D eigenvalue weighted by Gasteiger charge is 2.24. The summed E-state index contributed by atoms with van der Waals surface area (Å²) in [5.41, 5.74) is 3.43. The molecule has 1 fully saturated rings. The van der Waals surface area contributed by atoms with Crippen LogP contribution in [0.15, 0.2) is 42.1 Å². The van der Waals surface area contributed by atoms with Gasteiger partial charge in [-0.2, -0.15) is 0 Å². The van der Waals surface area contributed by atoms with Crippen molar-refractivity contribution in [3.05, 3.63) is 59.2 Å². The van der Waals surface area contributed by atoms with Gasteiger partial charge in [-0.3, -0.25) is 4.90 Å². The van der Waals surface area contributed by atoms with Gasteiger partial charge in [0.1, 0.15) is 24.3 Å². The van der Waals surface area contributed by atoms with Gasteiger partial charge >= 0.3 is 0 Å². The Labute approximate surface area is 141 Å². The summed E-state index contributed by atoms with van der Waals surface area (Å²) in [7, 11) is 0. The Balaban J connectivity index is 1.45. The molecule has 3 heterocycles. The Bertz CT molecular complexity index is 760. The van der Waals surface area contributed by atoms with Crippen LogP contribution in [0.2, 0.25) is 0 Å². The molecule has 2 aliphatic rings. The van der Waals surface area contributed by atoms with Gasteiger partial charge in [-0.05, 0) is 30.7 Å². The Hall–Kier alpha value is -2.24. The van der Waals surface area contributed by atoms with E-state index in [1.165, 1.54) is 5.57 Å². The molecule has 2 aromatic rings. The van der Waals surface area contributed by atoms with Crippen molar-refractivity contribution in [2.45, 2.75) is 13.0 Å². The van der Waals surface area contributed by atoms with Crippen molar-refractivity contribution in [1.29, 1.82) is 0 Å². The number of para-hydroxylation sites is 1. The van der Waals surface area contributed by atoms with Gasteiger partial charge in [0.05, 0.1) is 12.3 Å². The summed E-state index contributed by atoms with van der Waals surface area (Å²) in [6, 6.07) is 10.1. The second-order valence-corrected chi connectivity index (χ2v) is 6.25. The maximum absolute atomic E-state index is 5.91. The number of fused-ring (bicyclic) bond motifs is 1. The third-order valence-corrected chi connectivity index (χ3v) is 4.40. The molecule has 5 heteroatoms. The van der Waals surface area contributed by atoms with Gasteiger partial charge in [-0.15, -0.1) is 0 Å². The van der Waals surface area contributed by atoms with E-state index in [9.17, 15) is 0 Å².